The number of rotatable bonds is 4. The molecule has 1 N–H and O–H groups in total. The van der Waals surface area contributed by atoms with Crippen molar-refractivity contribution in [3.8, 4) is 0 Å². The largest absolute Gasteiger partial charge is 0.297 e. The number of carbonyl (C=O) groups excluding carboxylic acids is 1. The molecule has 3 rings (SSSR count). The fraction of sp³-hybridized carbons (Fsp3) is 0.400. The lowest BCUT2D eigenvalue weighted by Crippen LogP contribution is -2.28. The third-order valence-electron chi connectivity index (χ3n) is 3.62. The lowest BCUT2D eigenvalue weighted by molar-refractivity contribution is 0.102. The van der Waals surface area contributed by atoms with E-state index in [-0.39, 0.29) is 5.91 Å². The number of benzene rings is 1. The standard InChI is InChI=1S/C15H16Cl2N4OS/c16-11-6-10(7-12(17)8-11)14(22)18-15-20-19-13(23-15)9-21-4-2-1-3-5-21/h6-8H,1-5,9H2,(H,18,20,22). The van der Waals surface area contributed by atoms with Crippen LogP contribution in [0.15, 0.2) is 18.2 Å². The third-order valence-corrected chi connectivity index (χ3v) is 4.88. The summed E-state index contributed by atoms with van der Waals surface area (Å²) in [5.41, 5.74) is 0.398. The van der Waals surface area contributed by atoms with Gasteiger partial charge in [-0.25, -0.2) is 0 Å². The molecule has 1 fully saturated rings. The summed E-state index contributed by atoms with van der Waals surface area (Å²) in [6.07, 6.45) is 3.77. The van der Waals surface area contributed by atoms with Gasteiger partial charge in [0.15, 0.2) is 0 Å². The second-order valence-electron chi connectivity index (χ2n) is 5.45. The molecule has 2 aromatic rings. The Morgan fingerprint density at radius 3 is 2.52 bits per heavy atom. The lowest BCUT2D eigenvalue weighted by atomic mass is 10.1. The Morgan fingerprint density at radius 2 is 1.83 bits per heavy atom. The molecule has 122 valence electrons. The van der Waals surface area contributed by atoms with Crippen molar-refractivity contribution in [2.45, 2.75) is 25.8 Å². The number of amides is 1. The summed E-state index contributed by atoms with van der Waals surface area (Å²) in [6, 6.07) is 4.72. The van der Waals surface area contributed by atoms with Crippen molar-refractivity contribution in [2.24, 2.45) is 0 Å². The molecule has 1 saturated heterocycles. The highest BCUT2D eigenvalue weighted by atomic mass is 35.5. The number of carbonyl (C=O) groups is 1. The van der Waals surface area contributed by atoms with E-state index in [9.17, 15) is 4.79 Å². The van der Waals surface area contributed by atoms with Crippen molar-refractivity contribution in [1.29, 1.82) is 0 Å². The Morgan fingerprint density at radius 1 is 1.13 bits per heavy atom. The van der Waals surface area contributed by atoms with E-state index < -0.39 is 0 Å². The van der Waals surface area contributed by atoms with E-state index in [2.05, 4.69) is 20.4 Å². The van der Waals surface area contributed by atoms with Gasteiger partial charge in [-0.3, -0.25) is 15.0 Å². The summed E-state index contributed by atoms with van der Waals surface area (Å²) in [5, 5.41) is 13.2. The van der Waals surface area contributed by atoms with Crippen LogP contribution in [-0.4, -0.2) is 34.1 Å². The van der Waals surface area contributed by atoms with Gasteiger partial charge >= 0.3 is 0 Å². The smallest absolute Gasteiger partial charge is 0.257 e. The molecule has 0 aliphatic carbocycles. The highest BCUT2D eigenvalue weighted by molar-refractivity contribution is 7.15. The fourth-order valence-corrected chi connectivity index (χ4v) is 3.83. The van der Waals surface area contributed by atoms with Crippen LogP contribution >= 0.6 is 34.5 Å². The number of nitrogens with one attached hydrogen (secondary N) is 1. The van der Waals surface area contributed by atoms with Gasteiger partial charge in [-0.05, 0) is 44.1 Å². The number of halogens is 2. The highest BCUT2D eigenvalue weighted by Crippen LogP contribution is 2.22. The van der Waals surface area contributed by atoms with Crippen molar-refractivity contribution in [1.82, 2.24) is 15.1 Å². The predicted octanol–water partition coefficient (Wildman–Crippen LogP) is 4.08. The molecule has 0 atom stereocenters. The zero-order chi connectivity index (χ0) is 16.2. The quantitative estimate of drug-likeness (QED) is 0.880. The number of piperidine rings is 1. The molecule has 0 unspecified atom stereocenters. The van der Waals surface area contributed by atoms with E-state index in [4.69, 9.17) is 23.2 Å². The van der Waals surface area contributed by atoms with Crippen molar-refractivity contribution in [2.75, 3.05) is 18.4 Å². The second kappa shape index (κ2) is 7.57. The highest BCUT2D eigenvalue weighted by Gasteiger charge is 2.15. The van der Waals surface area contributed by atoms with Gasteiger partial charge in [0.1, 0.15) is 5.01 Å². The minimum absolute atomic E-state index is 0.296. The number of likely N-dealkylation sites (tertiary alicyclic amines) is 1. The average Bonchev–Trinajstić information content (AvgIpc) is 2.94. The van der Waals surface area contributed by atoms with Gasteiger partial charge in [0.05, 0.1) is 6.54 Å². The number of anilines is 1. The zero-order valence-corrected chi connectivity index (χ0v) is 14.7. The Hall–Kier alpha value is -1.21. The maximum Gasteiger partial charge on any atom is 0.257 e. The summed E-state index contributed by atoms with van der Waals surface area (Å²) in [4.78, 5) is 14.6. The third kappa shape index (κ3) is 4.64. The molecule has 1 aromatic carbocycles. The molecule has 1 aliphatic heterocycles. The fourth-order valence-electron chi connectivity index (χ4n) is 2.53. The topological polar surface area (TPSA) is 58.1 Å². The van der Waals surface area contributed by atoms with Crippen LogP contribution in [0.4, 0.5) is 5.13 Å². The molecule has 0 radical (unpaired) electrons. The molecular weight excluding hydrogens is 355 g/mol. The molecule has 0 spiro atoms. The molecule has 1 amide bonds. The zero-order valence-electron chi connectivity index (χ0n) is 12.4. The number of nitrogens with zero attached hydrogens (tertiary/aromatic N) is 3. The summed E-state index contributed by atoms with van der Waals surface area (Å²) in [7, 11) is 0. The predicted molar refractivity (Wildman–Crippen MR) is 93.5 cm³/mol. The number of hydrogen-bond donors (Lipinski definition) is 1. The Labute approximate surface area is 148 Å². The van der Waals surface area contributed by atoms with Crippen LogP contribution in [0.5, 0.6) is 0 Å². The molecular formula is C15H16Cl2N4OS. The molecule has 23 heavy (non-hydrogen) atoms. The van der Waals surface area contributed by atoms with E-state index in [1.807, 2.05) is 0 Å². The summed E-state index contributed by atoms with van der Waals surface area (Å²) < 4.78 is 0. The average molecular weight is 371 g/mol. The van der Waals surface area contributed by atoms with Crippen LogP contribution in [0, 0.1) is 0 Å². The minimum atomic E-state index is -0.296. The van der Waals surface area contributed by atoms with Gasteiger partial charge in [-0.2, -0.15) is 0 Å². The number of aromatic nitrogens is 2. The maximum atomic E-state index is 12.2. The second-order valence-corrected chi connectivity index (χ2v) is 7.38. The first-order valence-electron chi connectivity index (χ1n) is 7.42. The van der Waals surface area contributed by atoms with Crippen molar-refractivity contribution in [3.05, 3.63) is 38.8 Å². The van der Waals surface area contributed by atoms with Gasteiger partial charge in [0.25, 0.3) is 5.91 Å². The van der Waals surface area contributed by atoms with E-state index in [0.29, 0.717) is 20.7 Å². The van der Waals surface area contributed by atoms with Crippen LogP contribution in [0.1, 0.15) is 34.6 Å². The van der Waals surface area contributed by atoms with Crippen LogP contribution in [0.3, 0.4) is 0 Å². The molecule has 2 heterocycles. The molecule has 1 aliphatic rings. The van der Waals surface area contributed by atoms with Gasteiger partial charge in [0.2, 0.25) is 5.13 Å². The SMILES string of the molecule is O=C(Nc1nnc(CN2CCCCC2)s1)c1cc(Cl)cc(Cl)c1. The monoisotopic (exact) mass is 370 g/mol. The van der Waals surface area contributed by atoms with E-state index in [1.165, 1.54) is 30.6 Å². The molecule has 0 bridgehead atoms. The van der Waals surface area contributed by atoms with Gasteiger partial charge < -0.3 is 0 Å². The van der Waals surface area contributed by atoms with Gasteiger partial charge in [-0.15, -0.1) is 10.2 Å². The van der Waals surface area contributed by atoms with E-state index in [0.717, 1.165) is 24.6 Å². The van der Waals surface area contributed by atoms with Crippen LogP contribution < -0.4 is 5.32 Å². The Bertz CT molecular complexity index is 680. The molecule has 8 heteroatoms. The Balaban J connectivity index is 1.62. The van der Waals surface area contributed by atoms with Crippen molar-refractivity contribution < 1.29 is 4.79 Å². The van der Waals surface area contributed by atoms with Gasteiger partial charge in [0, 0.05) is 15.6 Å². The van der Waals surface area contributed by atoms with Crippen LogP contribution in [-0.2, 0) is 6.54 Å². The Kier molecular flexibility index (Phi) is 5.48. The minimum Gasteiger partial charge on any atom is -0.297 e. The summed E-state index contributed by atoms with van der Waals surface area (Å²) in [5.74, 6) is -0.296. The van der Waals surface area contributed by atoms with Crippen LogP contribution in [0.25, 0.3) is 0 Å². The van der Waals surface area contributed by atoms with Crippen molar-refractivity contribution >= 4 is 45.6 Å². The normalized spacial score (nSPS) is 15.6. The molecule has 5 nitrogen and oxygen atoms in total. The van der Waals surface area contributed by atoms with Crippen LogP contribution in [0.2, 0.25) is 10.0 Å². The maximum absolute atomic E-state index is 12.2. The first-order chi connectivity index (χ1) is 11.1. The van der Waals surface area contributed by atoms with E-state index >= 15 is 0 Å². The first-order valence-corrected chi connectivity index (χ1v) is 8.99. The van der Waals surface area contributed by atoms with Crippen molar-refractivity contribution in [3.63, 3.8) is 0 Å². The molecule has 0 saturated carbocycles. The number of hydrogen-bond acceptors (Lipinski definition) is 5. The first kappa shape index (κ1) is 16.6. The van der Waals surface area contributed by atoms with E-state index in [1.54, 1.807) is 18.2 Å². The summed E-state index contributed by atoms with van der Waals surface area (Å²) >= 11 is 13.2. The van der Waals surface area contributed by atoms with Gasteiger partial charge in [-0.1, -0.05) is 41.0 Å². The summed E-state index contributed by atoms with van der Waals surface area (Å²) in [6.45, 7) is 2.99. The molecule has 1 aromatic heterocycles. The lowest BCUT2D eigenvalue weighted by Gasteiger charge is -2.24.